The van der Waals surface area contributed by atoms with Gasteiger partial charge < -0.3 is 15.5 Å². The molecule has 6 nitrogen and oxygen atoms in total. The molecule has 6 heteroatoms. The van der Waals surface area contributed by atoms with Gasteiger partial charge in [0, 0.05) is 6.04 Å². The molecule has 0 saturated heterocycles. The van der Waals surface area contributed by atoms with Crippen molar-refractivity contribution in [3.05, 3.63) is 60.2 Å². The first kappa shape index (κ1) is 23.1. The molecule has 0 saturated carbocycles. The summed E-state index contributed by atoms with van der Waals surface area (Å²) >= 11 is 0. The SMILES string of the molecule is C[C@H](C[C@@H](Cc1ccc(-c2ccccc2)cc1)NC(=O)C(C)(C)CC(=O)O)C(=O)O. The molecule has 0 heterocycles. The van der Waals surface area contributed by atoms with Crippen LogP contribution >= 0.6 is 0 Å². The Morgan fingerprint density at radius 2 is 1.50 bits per heavy atom. The fraction of sp³-hybridized carbons (Fsp3) is 0.375. The van der Waals surface area contributed by atoms with Crippen molar-refractivity contribution in [2.75, 3.05) is 0 Å². The van der Waals surface area contributed by atoms with E-state index in [0.29, 0.717) is 6.42 Å². The third-order valence-electron chi connectivity index (χ3n) is 5.15. The number of hydrogen-bond donors (Lipinski definition) is 3. The molecule has 0 aliphatic heterocycles. The van der Waals surface area contributed by atoms with Gasteiger partial charge in [0.15, 0.2) is 0 Å². The number of aliphatic carboxylic acids is 2. The Bertz CT molecular complexity index is 874. The zero-order chi connectivity index (χ0) is 22.3. The van der Waals surface area contributed by atoms with Crippen molar-refractivity contribution in [2.24, 2.45) is 11.3 Å². The van der Waals surface area contributed by atoms with Crippen LogP contribution in [0.3, 0.4) is 0 Å². The average Bonchev–Trinajstić information content (AvgIpc) is 2.68. The minimum atomic E-state index is -1.09. The number of rotatable bonds is 10. The maximum Gasteiger partial charge on any atom is 0.306 e. The lowest BCUT2D eigenvalue weighted by atomic mass is 9.87. The lowest BCUT2D eigenvalue weighted by molar-refractivity contribution is -0.144. The van der Waals surface area contributed by atoms with Crippen LogP contribution in [0.15, 0.2) is 54.6 Å². The summed E-state index contributed by atoms with van der Waals surface area (Å²) in [5.41, 5.74) is 2.05. The molecule has 0 radical (unpaired) electrons. The Morgan fingerprint density at radius 1 is 0.933 bits per heavy atom. The molecule has 30 heavy (non-hydrogen) atoms. The van der Waals surface area contributed by atoms with Crippen molar-refractivity contribution in [1.29, 1.82) is 0 Å². The summed E-state index contributed by atoms with van der Waals surface area (Å²) in [6, 6.07) is 17.5. The maximum absolute atomic E-state index is 12.7. The van der Waals surface area contributed by atoms with Crippen LogP contribution in [0.2, 0.25) is 0 Å². The van der Waals surface area contributed by atoms with Crippen molar-refractivity contribution in [1.82, 2.24) is 5.32 Å². The van der Waals surface area contributed by atoms with Crippen LogP contribution in [0.1, 0.15) is 39.2 Å². The Labute approximate surface area is 176 Å². The number of carbonyl (C=O) groups excluding carboxylic acids is 1. The van der Waals surface area contributed by atoms with Crippen molar-refractivity contribution in [3.63, 3.8) is 0 Å². The van der Waals surface area contributed by atoms with E-state index in [0.717, 1.165) is 16.7 Å². The van der Waals surface area contributed by atoms with Crippen LogP contribution in [0, 0.1) is 11.3 Å². The summed E-state index contributed by atoms with van der Waals surface area (Å²) < 4.78 is 0. The van der Waals surface area contributed by atoms with Crippen LogP contribution in [-0.4, -0.2) is 34.1 Å². The highest BCUT2D eigenvalue weighted by atomic mass is 16.4. The molecule has 160 valence electrons. The minimum Gasteiger partial charge on any atom is -0.481 e. The van der Waals surface area contributed by atoms with Gasteiger partial charge in [0.2, 0.25) is 5.91 Å². The van der Waals surface area contributed by atoms with Crippen LogP contribution in [-0.2, 0) is 20.8 Å². The smallest absolute Gasteiger partial charge is 0.306 e. The van der Waals surface area contributed by atoms with Gasteiger partial charge in [-0.15, -0.1) is 0 Å². The highest BCUT2D eigenvalue weighted by Gasteiger charge is 2.32. The fourth-order valence-electron chi connectivity index (χ4n) is 3.31. The quantitative estimate of drug-likeness (QED) is 0.548. The fourth-order valence-corrected chi connectivity index (χ4v) is 3.31. The molecule has 0 aromatic heterocycles. The van der Waals surface area contributed by atoms with Gasteiger partial charge >= 0.3 is 11.9 Å². The lowest BCUT2D eigenvalue weighted by Gasteiger charge is -2.27. The Balaban J connectivity index is 2.15. The van der Waals surface area contributed by atoms with Gasteiger partial charge in [-0.1, -0.05) is 75.4 Å². The molecule has 2 rings (SSSR count). The van der Waals surface area contributed by atoms with Gasteiger partial charge in [-0.3, -0.25) is 14.4 Å². The van der Waals surface area contributed by atoms with E-state index < -0.39 is 35.2 Å². The second-order valence-electron chi connectivity index (χ2n) is 8.37. The molecule has 3 N–H and O–H groups in total. The number of hydrogen-bond acceptors (Lipinski definition) is 3. The van der Waals surface area contributed by atoms with Crippen LogP contribution < -0.4 is 5.32 Å². The molecular formula is C24H29NO5. The molecule has 0 aliphatic rings. The molecular weight excluding hydrogens is 382 g/mol. The molecule has 0 fully saturated rings. The van der Waals surface area contributed by atoms with E-state index in [2.05, 4.69) is 5.32 Å². The van der Waals surface area contributed by atoms with Gasteiger partial charge in [0.25, 0.3) is 0 Å². The standard InChI is InChI=1S/C24H29NO5/c1-16(22(28)29)13-20(25-23(30)24(2,3)15-21(26)27)14-17-9-11-19(12-10-17)18-7-5-4-6-8-18/h4-12,16,20H,13-15H2,1-3H3,(H,25,30)(H,26,27)(H,28,29)/t16-,20+/m1/s1. The van der Waals surface area contributed by atoms with Crippen LogP contribution in [0.4, 0.5) is 0 Å². The third-order valence-corrected chi connectivity index (χ3v) is 5.15. The van der Waals surface area contributed by atoms with Crippen LogP contribution in [0.5, 0.6) is 0 Å². The maximum atomic E-state index is 12.7. The second kappa shape index (κ2) is 10.1. The highest BCUT2D eigenvalue weighted by molar-refractivity contribution is 5.86. The van der Waals surface area contributed by atoms with E-state index in [1.54, 1.807) is 20.8 Å². The number of benzene rings is 2. The third kappa shape index (κ3) is 6.72. The number of carbonyl (C=O) groups is 3. The first-order valence-electron chi connectivity index (χ1n) is 9.98. The van der Waals surface area contributed by atoms with E-state index in [4.69, 9.17) is 5.11 Å². The predicted octanol–water partition coefficient (Wildman–Crippen LogP) is 3.99. The van der Waals surface area contributed by atoms with E-state index in [-0.39, 0.29) is 12.8 Å². The molecule has 1 amide bonds. The van der Waals surface area contributed by atoms with E-state index in [9.17, 15) is 19.5 Å². The summed E-state index contributed by atoms with van der Waals surface area (Å²) in [4.78, 5) is 35.1. The summed E-state index contributed by atoms with van der Waals surface area (Å²) in [5, 5.41) is 21.2. The zero-order valence-corrected chi connectivity index (χ0v) is 17.6. The number of nitrogens with one attached hydrogen (secondary N) is 1. The molecule has 2 aromatic rings. The summed E-state index contributed by atoms with van der Waals surface area (Å²) in [6.07, 6.45) is 0.415. The van der Waals surface area contributed by atoms with Crippen molar-refractivity contribution >= 4 is 17.8 Å². The second-order valence-corrected chi connectivity index (χ2v) is 8.37. The van der Waals surface area contributed by atoms with Crippen LogP contribution in [0.25, 0.3) is 11.1 Å². The lowest BCUT2D eigenvalue weighted by Crippen LogP contribution is -2.45. The normalized spacial score (nSPS) is 13.3. The number of carboxylic acids is 2. The molecule has 0 unspecified atom stereocenters. The highest BCUT2D eigenvalue weighted by Crippen LogP contribution is 2.23. The van der Waals surface area contributed by atoms with Gasteiger partial charge in [0.05, 0.1) is 17.8 Å². The Kier molecular flexibility index (Phi) is 7.75. The van der Waals surface area contributed by atoms with Gasteiger partial charge in [-0.05, 0) is 29.5 Å². The zero-order valence-electron chi connectivity index (χ0n) is 17.6. The van der Waals surface area contributed by atoms with Gasteiger partial charge in [-0.2, -0.15) is 0 Å². The summed E-state index contributed by atoms with van der Waals surface area (Å²) in [6.45, 7) is 4.74. The summed E-state index contributed by atoms with van der Waals surface area (Å²) in [5.74, 6) is -3.02. The van der Waals surface area contributed by atoms with E-state index in [1.165, 1.54) is 0 Å². The number of amides is 1. The molecule has 0 bridgehead atoms. The Hall–Kier alpha value is -3.15. The largest absolute Gasteiger partial charge is 0.481 e. The topological polar surface area (TPSA) is 104 Å². The monoisotopic (exact) mass is 411 g/mol. The molecule has 2 aromatic carbocycles. The predicted molar refractivity (Wildman–Crippen MR) is 115 cm³/mol. The van der Waals surface area contributed by atoms with Crippen molar-refractivity contribution < 1.29 is 24.6 Å². The van der Waals surface area contributed by atoms with Gasteiger partial charge in [0.1, 0.15) is 0 Å². The minimum absolute atomic E-state index is 0.255. The average molecular weight is 411 g/mol. The molecule has 0 spiro atoms. The number of carboxylic acid groups (broad SMARTS) is 2. The van der Waals surface area contributed by atoms with Crippen molar-refractivity contribution in [3.8, 4) is 11.1 Å². The van der Waals surface area contributed by atoms with Crippen molar-refractivity contribution in [2.45, 2.75) is 46.1 Å². The molecule has 0 aliphatic carbocycles. The molecule has 2 atom stereocenters. The first-order valence-corrected chi connectivity index (χ1v) is 9.98. The first-order chi connectivity index (χ1) is 14.1. The van der Waals surface area contributed by atoms with E-state index >= 15 is 0 Å². The Morgan fingerprint density at radius 3 is 2.03 bits per heavy atom. The summed E-state index contributed by atoms with van der Waals surface area (Å²) in [7, 11) is 0. The van der Waals surface area contributed by atoms with E-state index in [1.807, 2.05) is 54.6 Å². The van der Waals surface area contributed by atoms with Gasteiger partial charge in [-0.25, -0.2) is 0 Å².